The largest absolute Gasteiger partial charge is 0.507 e. The first-order chi connectivity index (χ1) is 30.4. The number of hydrogen-bond donors (Lipinski definition) is 5. The first-order valence-electron chi connectivity index (χ1n) is 24.2. The molecule has 0 aliphatic carbocycles. The quantitative estimate of drug-likeness (QED) is 0.0613. The van der Waals surface area contributed by atoms with Gasteiger partial charge in [-0.05, 0) is 115 Å². The van der Waals surface area contributed by atoms with E-state index in [1.165, 1.54) is 0 Å². The van der Waals surface area contributed by atoms with Gasteiger partial charge in [-0.2, -0.15) is 0 Å². The summed E-state index contributed by atoms with van der Waals surface area (Å²) >= 11 is 0. The summed E-state index contributed by atoms with van der Waals surface area (Å²) in [5.74, 6) is -0.228. The Hall–Kier alpha value is -4.12. The number of aliphatic hydroxyl groups excluding tert-OH is 2. The first kappa shape index (κ1) is 57.2. The van der Waals surface area contributed by atoms with Crippen molar-refractivity contribution in [2.45, 2.75) is 208 Å². The lowest BCUT2D eigenvalue weighted by atomic mass is 9.78. The van der Waals surface area contributed by atoms with Crippen LogP contribution in [0.3, 0.4) is 0 Å². The molecule has 3 aromatic carbocycles. The van der Waals surface area contributed by atoms with Crippen LogP contribution in [0, 0.1) is 5.41 Å². The Morgan fingerprint density at radius 2 is 0.731 bits per heavy atom. The van der Waals surface area contributed by atoms with Crippen molar-refractivity contribution in [3.8, 4) is 17.2 Å². The highest BCUT2D eigenvalue weighted by atomic mass is 16.6. The fourth-order valence-electron chi connectivity index (χ4n) is 8.15. The van der Waals surface area contributed by atoms with Crippen molar-refractivity contribution in [1.29, 1.82) is 0 Å². The number of aliphatic hydroxyl groups is 2. The standard InChI is InChI=1S/C57H88O10/c1-51(2,3)39-26-36(27-40(48(39)62)52(4,5)6)20-19-21-45(59)65-33-57(32-58,34-66-46(60)24-22-37-28-41(53(7,8)9)49(63)42(29-37)54(10,11)12)35-67-47(61)25-23-38-30-43(55(13,14)15)50(64)44(31-38)56(16,17)18/h26-31,45,58-59,62-64H,19-25,32-35H2,1-18H3. The molecular weight excluding hydrogens is 845 g/mol. The first-order valence-corrected chi connectivity index (χ1v) is 24.2. The summed E-state index contributed by atoms with van der Waals surface area (Å²) in [5, 5.41) is 55.7. The van der Waals surface area contributed by atoms with E-state index in [4.69, 9.17) is 14.2 Å². The van der Waals surface area contributed by atoms with Gasteiger partial charge in [0, 0.05) is 12.8 Å². The van der Waals surface area contributed by atoms with Gasteiger partial charge in [0.05, 0.1) is 18.6 Å². The smallest absolute Gasteiger partial charge is 0.306 e. The number of carbonyl (C=O) groups is 2. The van der Waals surface area contributed by atoms with Crippen molar-refractivity contribution in [1.82, 2.24) is 0 Å². The van der Waals surface area contributed by atoms with Crippen LogP contribution < -0.4 is 0 Å². The minimum absolute atomic E-state index is 0.0214. The van der Waals surface area contributed by atoms with Gasteiger partial charge in [-0.3, -0.25) is 9.59 Å². The Morgan fingerprint density at radius 3 is 0.985 bits per heavy atom. The molecule has 10 heteroatoms. The van der Waals surface area contributed by atoms with Gasteiger partial charge in [-0.25, -0.2) is 0 Å². The van der Waals surface area contributed by atoms with Gasteiger partial charge in [-0.15, -0.1) is 0 Å². The number of aromatic hydroxyl groups is 3. The summed E-state index contributed by atoms with van der Waals surface area (Å²) < 4.78 is 17.6. The predicted octanol–water partition coefficient (Wildman–Crippen LogP) is 11.6. The second-order valence-electron chi connectivity index (χ2n) is 25.3. The van der Waals surface area contributed by atoms with Gasteiger partial charge < -0.3 is 39.7 Å². The van der Waals surface area contributed by atoms with Crippen molar-refractivity contribution < 1.29 is 49.3 Å². The molecule has 0 saturated carbocycles. The van der Waals surface area contributed by atoms with Crippen molar-refractivity contribution >= 4 is 11.9 Å². The van der Waals surface area contributed by atoms with Crippen molar-refractivity contribution in [3.05, 3.63) is 86.5 Å². The molecular formula is C57H88O10. The molecule has 0 amide bonds. The number of phenolic OH excluding ortho intramolecular Hbond substituents is 3. The summed E-state index contributed by atoms with van der Waals surface area (Å²) in [5.41, 5.74) is 4.41. The maximum atomic E-state index is 13.4. The van der Waals surface area contributed by atoms with Crippen LogP contribution in [0.25, 0.3) is 0 Å². The van der Waals surface area contributed by atoms with Gasteiger partial charge in [0.1, 0.15) is 30.5 Å². The average molecular weight is 933 g/mol. The fraction of sp³-hybridized carbons (Fsp3) is 0.649. The Labute approximate surface area is 403 Å². The molecule has 10 nitrogen and oxygen atoms in total. The second kappa shape index (κ2) is 21.7. The molecule has 0 aromatic heterocycles. The van der Waals surface area contributed by atoms with E-state index in [0.29, 0.717) is 31.4 Å². The van der Waals surface area contributed by atoms with Crippen LogP contribution in [-0.2, 0) is 75.6 Å². The average Bonchev–Trinajstić information content (AvgIpc) is 3.17. The van der Waals surface area contributed by atoms with E-state index in [1.807, 2.05) is 119 Å². The summed E-state index contributed by atoms with van der Waals surface area (Å²) in [6.45, 7) is 35.3. The molecule has 0 saturated heterocycles. The third-order valence-corrected chi connectivity index (χ3v) is 12.5. The molecule has 67 heavy (non-hydrogen) atoms. The van der Waals surface area contributed by atoms with E-state index < -0.39 is 30.3 Å². The monoisotopic (exact) mass is 933 g/mol. The zero-order chi connectivity index (χ0) is 51.3. The van der Waals surface area contributed by atoms with Gasteiger partial charge in [0.2, 0.25) is 0 Å². The maximum absolute atomic E-state index is 13.4. The molecule has 1 unspecified atom stereocenters. The Balaban J connectivity index is 1.82. The van der Waals surface area contributed by atoms with Crippen LogP contribution in [0.2, 0.25) is 0 Å². The van der Waals surface area contributed by atoms with E-state index in [1.54, 1.807) is 0 Å². The van der Waals surface area contributed by atoms with Crippen LogP contribution in [-0.4, -0.2) is 70.2 Å². The van der Waals surface area contributed by atoms with Crippen LogP contribution in [0.15, 0.2) is 36.4 Å². The van der Waals surface area contributed by atoms with Crippen LogP contribution in [0.1, 0.15) is 200 Å². The molecule has 0 aliphatic rings. The number of rotatable bonds is 18. The molecule has 0 bridgehead atoms. The van der Waals surface area contributed by atoms with Gasteiger partial charge in [0.25, 0.3) is 0 Å². The third-order valence-electron chi connectivity index (χ3n) is 12.5. The molecule has 0 heterocycles. The van der Waals surface area contributed by atoms with Gasteiger partial charge in [-0.1, -0.05) is 161 Å². The van der Waals surface area contributed by atoms with E-state index in [2.05, 4.69) is 41.5 Å². The zero-order valence-corrected chi connectivity index (χ0v) is 44.6. The van der Waals surface area contributed by atoms with E-state index >= 15 is 0 Å². The lowest BCUT2D eigenvalue weighted by Gasteiger charge is -2.31. The normalized spacial score (nSPS) is 13.7. The number of phenols is 3. The molecule has 0 aliphatic heterocycles. The van der Waals surface area contributed by atoms with Gasteiger partial charge in [0.15, 0.2) is 6.29 Å². The number of aryl methyl sites for hydroxylation is 3. The summed E-state index contributed by atoms with van der Waals surface area (Å²) in [6, 6.07) is 11.8. The number of benzene rings is 3. The third kappa shape index (κ3) is 16.2. The maximum Gasteiger partial charge on any atom is 0.306 e. The van der Waals surface area contributed by atoms with Crippen molar-refractivity contribution in [3.63, 3.8) is 0 Å². The highest BCUT2D eigenvalue weighted by Crippen LogP contribution is 2.43. The lowest BCUT2D eigenvalue weighted by molar-refractivity contribution is -0.175. The number of ether oxygens (including phenoxy) is 3. The molecule has 3 rings (SSSR count). The molecule has 0 spiro atoms. The van der Waals surface area contributed by atoms with Crippen LogP contribution in [0.4, 0.5) is 0 Å². The minimum Gasteiger partial charge on any atom is -0.507 e. The number of esters is 2. The Kier molecular flexibility index (Phi) is 18.5. The van der Waals surface area contributed by atoms with Crippen LogP contribution in [0.5, 0.6) is 17.2 Å². The molecule has 376 valence electrons. The molecule has 1 atom stereocenters. The fourth-order valence-corrected chi connectivity index (χ4v) is 8.15. The predicted molar refractivity (Wildman–Crippen MR) is 269 cm³/mol. The molecule has 0 fully saturated rings. The van der Waals surface area contributed by atoms with Gasteiger partial charge >= 0.3 is 11.9 Å². The molecule has 5 N–H and O–H groups in total. The van der Waals surface area contributed by atoms with Crippen molar-refractivity contribution in [2.75, 3.05) is 26.4 Å². The number of carbonyl (C=O) groups excluding carboxylic acids is 2. The summed E-state index contributed by atoms with van der Waals surface area (Å²) in [4.78, 5) is 26.9. The second-order valence-corrected chi connectivity index (χ2v) is 25.3. The highest BCUT2D eigenvalue weighted by molar-refractivity contribution is 5.70. The Bertz CT molecular complexity index is 1950. The van der Waals surface area contributed by atoms with E-state index in [-0.39, 0.29) is 83.1 Å². The summed E-state index contributed by atoms with van der Waals surface area (Å²) in [7, 11) is 0. The highest BCUT2D eigenvalue weighted by Gasteiger charge is 2.36. The minimum atomic E-state index is -1.39. The SMILES string of the molecule is CC(C)(C)c1cc(CCCC(O)OCC(CO)(COC(=O)CCc2cc(C(C)(C)C)c(O)c(C(C)(C)C)c2)COC(=O)CCc2cc(C(C)(C)C)c(O)c(C(C)(C)C)c2)cc(C(C)(C)C)c1O. The topological polar surface area (TPSA) is 163 Å². The molecule has 0 radical (unpaired) electrons. The number of hydrogen-bond acceptors (Lipinski definition) is 10. The lowest BCUT2D eigenvalue weighted by Crippen LogP contribution is -2.43. The summed E-state index contributed by atoms with van der Waals surface area (Å²) in [6.07, 6.45) is 0.956. The van der Waals surface area contributed by atoms with Crippen LogP contribution >= 0.6 is 0 Å². The zero-order valence-electron chi connectivity index (χ0n) is 44.6. The van der Waals surface area contributed by atoms with E-state index in [9.17, 15) is 35.1 Å². The molecule has 3 aromatic rings. The van der Waals surface area contributed by atoms with Crippen molar-refractivity contribution in [2.24, 2.45) is 5.41 Å². The van der Waals surface area contributed by atoms with E-state index in [0.717, 1.165) is 50.1 Å². The Morgan fingerprint density at radius 1 is 0.463 bits per heavy atom.